The predicted octanol–water partition coefficient (Wildman–Crippen LogP) is 3.39. The van der Waals surface area contributed by atoms with Crippen LogP contribution in [-0.2, 0) is 0 Å². The molecule has 4 aromatic rings. The highest BCUT2D eigenvalue weighted by Crippen LogP contribution is 2.27. The Kier molecular flexibility index (Phi) is 4.86. The summed E-state index contributed by atoms with van der Waals surface area (Å²) >= 11 is 0. The molecule has 30 heavy (non-hydrogen) atoms. The molecule has 0 aliphatic rings. The molecule has 144 valence electrons. The highest BCUT2D eigenvalue weighted by Gasteiger charge is 2.19. The highest BCUT2D eigenvalue weighted by atomic mass is 16.5. The standard InChI is InChI=1S/C23H15N5O2/c1-3-16-17(13-24)22(29)28(15-9-5-4-6-10-15)21-18(16)14-25-23(27-21)26-19-11-7-8-12-20(19)30-2/h1,4-12,14H,2H3,(H,25,26,27). The van der Waals surface area contributed by atoms with E-state index in [0.29, 0.717) is 28.2 Å². The number of benzene rings is 2. The van der Waals surface area contributed by atoms with Crippen molar-refractivity contribution in [2.75, 3.05) is 12.4 Å². The van der Waals surface area contributed by atoms with Gasteiger partial charge in [-0.2, -0.15) is 10.2 Å². The van der Waals surface area contributed by atoms with Crippen molar-refractivity contribution in [3.8, 4) is 29.8 Å². The van der Waals surface area contributed by atoms with Crippen LogP contribution in [0.4, 0.5) is 11.6 Å². The lowest BCUT2D eigenvalue weighted by Crippen LogP contribution is -2.24. The molecule has 4 rings (SSSR count). The summed E-state index contributed by atoms with van der Waals surface area (Å²) < 4.78 is 6.71. The summed E-state index contributed by atoms with van der Waals surface area (Å²) in [5, 5.41) is 13.1. The number of anilines is 2. The van der Waals surface area contributed by atoms with Gasteiger partial charge in [0.25, 0.3) is 5.56 Å². The van der Waals surface area contributed by atoms with Crippen molar-refractivity contribution in [2.45, 2.75) is 0 Å². The van der Waals surface area contributed by atoms with Crippen molar-refractivity contribution in [1.29, 1.82) is 5.26 Å². The van der Waals surface area contributed by atoms with Crippen LogP contribution in [0.5, 0.6) is 5.75 Å². The number of nitriles is 1. The SMILES string of the molecule is C#Cc1c(C#N)c(=O)n(-c2ccccc2)c2nc(Nc3ccccc3OC)ncc12. The summed E-state index contributed by atoms with van der Waals surface area (Å²) in [5.74, 6) is 3.31. The van der Waals surface area contributed by atoms with Crippen molar-refractivity contribution in [1.82, 2.24) is 14.5 Å². The van der Waals surface area contributed by atoms with Crippen LogP contribution in [0, 0.1) is 23.7 Å². The Balaban J connectivity index is 2.00. The molecule has 0 atom stereocenters. The van der Waals surface area contributed by atoms with E-state index in [9.17, 15) is 10.1 Å². The van der Waals surface area contributed by atoms with Crippen LogP contribution in [0.15, 0.2) is 65.6 Å². The Morgan fingerprint density at radius 3 is 2.53 bits per heavy atom. The lowest BCUT2D eigenvalue weighted by molar-refractivity contribution is 0.417. The van der Waals surface area contributed by atoms with Crippen molar-refractivity contribution in [2.24, 2.45) is 0 Å². The molecule has 7 heteroatoms. The Bertz CT molecular complexity index is 1400. The van der Waals surface area contributed by atoms with E-state index >= 15 is 0 Å². The number of ether oxygens (including phenoxy) is 1. The highest BCUT2D eigenvalue weighted by molar-refractivity contribution is 5.86. The molecule has 0 fully saturated rings. The van der Waals surface area contributed by atoms with Gasteiger partial charge < -0.3 is 10.1 Å². The third-order valence-electron chi connectivity index (χ3n) is 4.54. The molecule has 0 unspecified atom stereocenters. The van der Waals surface area contributed by atoms with Crippen molar-refractivity contribution < 1.29 is 4.74 Å². The summed E-state index contributed by atoms with van der Waals surface area (Å²) in [4.78, 5) is 22.0. The predicted molar refractivity (Wildman–Crippen MR) is 114 cm³/mol. The summed E-state index contributed by atoms with van der Waals surface area (Å²) in [6.45, 7) is 0. The maximum absolute atomic E-state index is 13.1. The van der Waals surface area contributed by atoms with E-state index in [4.69, 9.17) is 11.2 Å². The number of hydrogen-bond donors (Lipinski definition) is 1. The molecular formula is C23H15N5O2. The smallest absolute Gasteiger partial charge is 0.276 e. The maximum Gasteiger partial charge on any atom is 0.276 e. The number of methoxy groups -OCH3 is 1. The molecule has 0 amide bonds. The fourth-order valence-electron chi connectivity index (χ4n) is 3.17. The third-order valence-corrected chi connectivity index (χ3v) is 4.54. The van der Waals surface area contributed by atoms with E-state index in [1.807, 2.05) is 30.3 Å². The molecule has 0 bridgehead atoms. The van der Waals surface area contributed by atoms with Gasteiger partial charge in [0.05, 0.1) is 29.4 Å². The zero-order chi connectivity index (χ0) is 21.1. The van der Waals surface area contributed by atoms with Crippen LogP contribution in [0.2, 0.25) is 0 Å². The molecule has 2 aromatic heterocycles. The van der Waals surface area contributed by atoms with Gasteiger partial charge in [0.2, 0.25) is 5.95 Å². The second kappa shape index (κ2) is 7.78. The largest absolute Gasteiger partial charge is 0.495 e. The second-order valence-corrected chi connectivity index (χ2v) is 6.24. The zero-order valence-electron chi connectivity index (χ0n) is 16.0. The van der Waals surface area contributed by atoms with Crippen molar-refractivity contribution >= 4 is 22.7 Å². The number of terminal acetylenes is 1. The lowest BCUT2D eigenvalue weighted by atomic mass is 10.1. The Morgan fingerprint density at radius 1 is 1.10 bits per heavy atom. The Labute approximate surface area is 172 Å². The van der Waals surface area contributed by atoms with Crippen LogP contribution in [-0.4, -0.2) is 21.6 Å². The minimum atomic E-state index is -0.536. The number of nitrogens with one attached hydrogen (secondary N) is 1. The minimum absolute atomic E-state index is 0.122. The van der Waals surface area contributed by atoms with Crippen molar-refractivity contribution in [3.05, 3.63) is 82.3 Å². The molecule has 0 spiro atoms. The van der Waals surface area contributed by atoms with Gasteiger partial charge in [-0.1, -0.05) is 36.3 Å². The summed E-state index contributed by atoms with van der Waals surface area (Å²) in [7, 11) is 1.57. The van der Waals surface area contributed by atoms with Gasteiger partial charge >= 0.3 is 0 Å². The van der Waals surface area contributed by atoms with Crippen LogP contribution in [0.1, 0.15) is 11.1 Å². The lowest BCUT2D eigenvalue weighted by Gasteiger charge is -2.14. The fourth-order valence-corrected chi connectivity index (χ4v) is 3.17. The van der Waals surface area contributed by atoms with E-state index in [-0.39, 0.29) is 17.1 Å². The molecule has 0 radical (unpaired) electrons. The molecular weight excluding hydrogens is 378 g/mol. The molecule has 0 aliphatic carbocycles. The number of nitrogens with zero attached hydrogens (tertiary/aromatic N) is 4. The molecule has 0 saturated carbocycles. The molecule has 7 nitrogen and oxygen atoms in total. The van der Waals surface area contributed by atoms with Crippen LogP contribution in [0.25, 0.3) is 16.7 Å². The summed E-state index contributed by atoms with van der Waals surface area (Å²) in [5.41, 5.74) is 1.04. The van der Waals surface area contributed by atoms with E-state index in [1.54, 1.807) is 37.4 Å². The molecule has 2 heterocycles. The minimum Gasteiger partial charge on any atom is -0.495 e. The number of aromatic nitrogens is 3. The first-order valence-corrected chi connectivity index (χ1v) is 8.96. The van der Waals surface area contributed by atoms with Gasteiger partial charge in [-0.05, 0) is 24.3 Å². The monoisotopic (exact) mass is 393 g/mol. The summed E-state index contributed by atoms with van der Waals surface area (Å²) in [6.07, 6.45) is 7.12. The van der Waals surface area contributed by atoms with E-state index in [1.165, 1.54) is 10.8 Å². The zero-order valence-corrected chi connectivity index (χ0v) is 16.0. The van der Waals surface area contributed by atoms with Crippen LogP contribution in [0.3, 0.4) is 0 Å². The van der Waals surface area contributed by atoms with Gasteiger partial charge in [-0.15, -0.1) is 6.42 Å². The van der Waals surface area contributed by atoms with E-state index in [0.717, 1.165) is 0 Å². The number of para-hydroxylation sites is 3. The quantitative estimate of drug-likeness (QED) is 0.534. The Hall–Kier alpha value is -4.62. The fraction of sp³-hybridized carbons (Fsp3) is 0.0435. The topological polar surface area (TPSA) is 92.8 Å². The van der Waals surface area contributed by atoms with Gasteiger partial charge in [-0.3, -0.25) is 9.36 Å². The van der Waals surface area contributed by atoms with Crippen molar-refractivity contribution in [3.63, 3.8) is 0 Å². The number of rotatable bonds is 4. The first-order valence-electron chi connectivity index (χ1n) is 8.96. The molecule has 0 saturated heterocycles. The maximum atomic E-state index is 13.1. The van der Waals surface area contributed by atoms with Gasteiger partial charge in [0.1, 0.15) is 17.4 Å². The van der Waals surface area contributed by atoms with E-state index < -0.39 is 5.56 Å². The number of pyridine rings is 1. The first kappa shape index (κ1) is 18.7. The van der Waals surface area contributed by atoms with E-state index in [2.05, 4.69) is 21.2 Å². The van der Waals surface area contributed by atoms with Gasteiger partial charge in [0, 0.05) is 6.20 Å². The molecule has 0 aliphatic heterocycles. The average Bonchev–Trinajstić information content (AvgIpc) is 2.79. The first-order chi connectivity index (χ1) is 14.7. The van der Waals surface area contributed by atoms with Gasteiger partial charge in [0.15, 0.2) is 5.65 Å². The number of hydrogen-bond acceptors (Lipinski definition) is 6. The number of fused-ring (bicyclic) bond motifs is 1. The Morgan fingerprint density at radius 2 is 1.83 bits per heavy atom. The molecule has 1 N–H and O–H groups in total. The van der Waals surface area contributed by atoms with Gasteiger partial charge in [-0.25, -0.2) is 4.98 Å². The second-order valence-electron chi connectivity index (χ2n) is 6.24. The average molecular weight is 393 g/mol. The van der Waals surface area contributed by atoms with Crippen LogP contribution >= 0.6 is 0 Å². The normalized spacial score (nSPS) is 10.2. The summed E-state index contributed by atoms with van der Waals surface area (Å²) in [6, 6.07) is 18.2. The van der Waals surface area contributed by atoms with Crippen LogP contribution < -0.4 is 15.6 Å². The third kappa shape index (κ3) is 3.11. The molecule has 2 aromatic carbocycles.